The molecule has 0 bridgehead atoms. The van der Waals surface area contributed by atoms with Crippen LogP contribution in [0.4, 0.5) is 0 Å². The van der Waals surface area contributed by atoms with Crippen LogP contribution in [0, 0.1) is 0 Å². The smallest absolute Gasteiger partial charge is 0.266 e. The van der Waals surface area contributed by atoms with Crippen LogP contribution in [0.25, 0.3) is 22.4 Å². The number of aromatic nitrogens is 4. The van der Waals surface area contributed by atoms with Crippen molar-refractivity contribution in [2.24, 2.45) is 0 Å². The van der Waals surface area contributed by atoms with Crippen LogP contribution >= 0.6 is 34.5 Å². The molecule has 8 heteroatoms. The minimum atomic E-state index is -0.256. The predicted molar refractivity (Wildman–Crippen MR) is 95.6 cm³/mol. The molecule has 0 saturated heterocycles. The lowest BCUT2D eigenvalue weighted by Gasteiger charge is -1.99. The maximum absolute atomic E-state index is 12.5. The SMILES string of the molecule is O=c1c(=Cc2c(Cl)cccc2Cl)sc2nc(-c3cccnc3)nn12. The summed E-state index contributed by atoms with van der Waals surface area (Å²) in [5, 5.41) is 5.23. The third-order valence-corrected chi connectivity index (χ3v) is 5.00. The average Bonchev–Trinajstić information content (AvgIpc) is 3.12. The Kier molecular flexibility index (Phi) is 3.80. The quantitative estimate of drug-likeness (QED) is 0.540. The van der Waals surface area contributed by atoms with Gasteiger partial charge >= 0.3 is 0 Å². The van der Waals surface area contributed by atoms with E-state index in [0.29, 0.717) is 30.9 Å². The van der Waals surface area contributed by atoms with E-state index in [9.17, 15) is 4.79 Å². The first-order chi connectivity index (χ1) is 11.6. The van der Waals surface area contributed by atoms with E-state index < -0.39 is 0 Å². The van der Waals surface area contributed by atoms with E-state index in [1.807, 2.05) is 6.07 Å². The van der Waals surface area contributed by atoms with Crippen LogP contribution < -0.4 is 10.1 Å². The summed E-state index contributed by atoms with van der Waals surface area (Å²) in [6.45, 7) is 0. The second kappa shape index (κ2) is 5.98. The third-order valence-electron chi connectivity index (χ3n) is 3.38. The van der Waals surface area contributed by atoms with Gasteiger partial charge in [0, 0.05) is 33.6 Å². The first-order valence-electron chi connectivity index (χ1n) is 6.89. The van der Waals surface area contributed by atoms with Gasteiger partial charge in [0.05, 0.1) is 4.53 Å². The lowest BCUT2D eigenvalue weighted by Crippen LogP contribution is -2.23. The van der Waals surface area contributed by atoms with Gasteiger partial charge in [0.2, 0.25) is 4.96 Å². The number of rotatable bonds is 2. The van der Waals surface area contributed by atoms with Gasteiger partial charge in [0.15, 0.2) is 5.82 Å². The minimum absolute atomic E-state index is 0.256. The number of halogens is 2. The molecule has 1 aromatic carbocycles. The van der Waals surface area contributed by atoms with Crippen LogP contribution in [-0.4, -0.2) is 19.6 Å². The topological polar surface area (TPSA) is 60.2 Å². The predicted octanol–water partition coefficient (Wildman–Crippen LogP) is 3.07. The monoisotopic (exact) mass is 374 g/mol. The van der Waals surface area contributed by atoms with Gasteiger partial charge in [-0.2, -0.15) is 9.50 Å². The summed E-state index contributed by atoms with van der Waals surface area (Å²) in [7, 11) is 0. The number of nitrogens with zero attached hydrogens (tertiary/aromatic N) is 4. The lowest BCUT2D eigenvalue weighted by molar-refractivity contribution is 0.936. The molecular weight excluding hydrogens is 367 g/mol. The average molecular weight is 375 g/mol. The molecule has 0 saturated carbocycles. The van der Waals surface area contributed by atoms with Crippen molar-refractivity contribution in [2.45, 2.75) is 0 Å². The van der Waals surface area contributed by atoms with Gasteiger partial charge in [-0.3, -0.25) is 9.78 Å². The summed E-state index contributed by atoms with van der Waals surface area (Å²) in [6.07, 6.45) is 4.99. The van der Waals surface area contributed by atoms with Crippen molar-refractivity contribution in [3.05, 3.63) is 73.2 Å². The van der Waals surface area contributed by atoms with Gasteiger partial charge in [-0.1, -0.05) is 40.6 Å². The summed E-state index contributed by atoms with van der Waals surface area (Å²) in [4.78, 5) is 21.5. The zero-order valence-corrected chi connectivity index (χ0v) is 14.3. The van der Waals surface area contributed by atoms with E-state index >= 15 is 0 Å². The Bertz CT molecular complexity index is 1130. The van der Waals surface area contributed by atoms with E-state index in [4.69, 9.17) is 23.2 Å². The molecule has 4 aromatic rings. The zero-order valence-electron chi connectivity index (χ0n) is 12.0. The molecule has 5 nitrogen and oxygen atoms in total. The Hall–Kier alpha value is -2.28. The van der Waals surface area contributed by atoms with E-state index in [2.05, 4.69) is 15.1 Å². The van der Waals surface area contributed by atoms with Crippen molar-refractivity contribution in [1.29, 1.82) is 0 Å². The summed E-state index contributed by atoms with van der Waals surface area (Å²) in [5.41, 5.74) is 1.11. The second-order valence-electron chi connectivity index (χ2n) is 4.92. The molecule has 3 heterocycles. The summed E-state index contributed by atoms with van der Waals surface area (Å²) >= 11 is 13.5. The van der Waals surface area contributed by atoms with Crippen molar-refractivity contribution in [3.63, 3.8) is 0 Å². The third kappa shape index (κ3) is 2.58. The molecule has 4 rings (SSSR count). The fourth-order valence-corrected chi connectivity index (χ4v) is 3.63. The molecule has 118 valence electrons. The van der Waals surface area contributed by atoms with E-state index in [-0.39, 0.29) is 5.56 Å². The van der Waals surface area contributed by atoms with Crippen molar-refractivity contribution in [3.8, 4) is 11.4 Å². The highest BCUT2D eigenvalue weighted by Gasteiger charge is 2.12. The molecule has 0 aliphatic carbocycles. The highest BCUT2D eigenvalue weighted by Crippen LogP contribution is 2.24. The fourth-order valence-electron chi connectivity index (χ4n) is 2.23. The molecule has 0 atom stereocenters. The van der Waals surface area contributed by atoms with Crippen molar-refractivity contribution >= 4 is 45.6 Å². The molecule has 0 fully saturated rings. The van der Waals surface area contributed by atoms with Crippen molar-refractivity contribution < 1.29 is 0 Å². The summed E-state index contributed by atoms with van der Waals surface area (Å²) < 4.78 is 1.75. The van der Waals surface area contributed by atoms with Crippen LogP contribution in [0.15, 0.2) is 47.5 Å². The number of pyridine rings is 1. The summed E-state index contributed by atoms with van der Waals surface area (Å²) in [6, 6.07) is 8.83. The molecule has 0 spiro atoms. The zero-order chi connectivity index (χ0) is 16.7. The minimum Gasteiger partial charge on any atom is -0.266 e. The standard InChI is InChI=1S/C16H8Cl2N4OS/c17-11-4-1-5-12(18)10(11)7-13-15(23)22-16(24-13)20-14(21-22)9-3-2-6-19-8-9/h1-8H. The van der Waals surface area contributed by atoms with Crippen LogP contribution in [0.2, 0.25) is 10.0 Å². The lowest BCUT2D eigenvalue weighted by atomic mass is 10.2. The molecular formula is C16H8Cl2N4OS. The normalized spacial score (nSPS) is 12.2. The number of thiazole rings is 1. The molecule has 0 aliphatic rings. The van der Waals surface area contributed by atoms with Crippen LogP contribution in [0.5, 0.6) is 0 Å². The number of fused-ring (bicyclic) bond motifs is 1. The first-order valence-corrected chi connectivity index (χ1v) is 8.46. The molecule has 0 amide bonds. The molecule has 0 N–H and O–H groups in total. The van der Waals surface area contributed by atoms with Crippen LogP contribution in [0.3, 0.4) is 0 Å². The molecule has 0 unspecified atom stereocenters. The largest absolute Gasteiger partial charge is 0.291 e. The maximum Gasteiger partial charge on any atom is 0.291 e. The molecule has 24 heavy (non-hydrogen) atoms. The highest BCUT2D eigenvalue weighted by molar-refractivity contribution is 7.15. The van der Waals surface area contributed by atoms with E-state index in [1.54, 1.807) is 42.7 Å². The van der Waals surface area contributed by atoms with Gasteiger partial charge in [-0.05, 0) is 30.3 Å². The van der Waals surface area contributed by atoms with E-state index in [1.165, 1.54) is 15.9 Å². The molecule has 3 aromatic heterocycles. The maximum atomic E-state index is 12.5. The Balaban J connectivity index is 1.88. The van der Waals surface area contributed by atoms with Gasteiger partial charge in [0.1, 0.15) is 0 Å². The van der Waals surface area contributed by atoms with Gasteiger partial charge in [-0.15, -0.1) is 5.10 Å². The Labute approximate surface area is 149 Å². The highest BCUT2D eigenvalue weighted by atomic mass is 35.5. The van der Waals surface area contributed by atoms with Crippen LogP contribution in [0.1, 0.15) is 5.56 Å². The van der Waals surface area contributed by atoms with Gasteiger partial charge < -0.3 is 0 Å². The Morgan fingerprint density at radius 1 is 1.12 bits per heavy atom. The molecule has 0 radical (unpaired) electrons. The fraction of sp³-hybridized carbons (Fsp3) is 0. The summed E-state index contributed by atoms with van der Waals surface area (Å²) in [5.74, 6) is 0.466. The second-order valence-corrected chi connectivity index (χ2v) is 6.75. The Morgan fingerprint density at radius 2 is 1.92 bits per heavy atom. The first kappa shape index (κ1) is 15.3. The number of hydrogen-bond donors (Lipinski definition) is 0. The van der Waals surface area contributed by atoms with Gasteiger partial charge in [0.25, 0.3) is 5.56 Å². The number of hydrogen-bond acceptors (Lipinski definition) is 5. The molecule has 0 aliphatic heterocycles. The van der Waals surface area contributed by atoms with Crippen molar-refractivity contribution in [2.75, 3.05) is 0 Å². The number of benzene rings is 1. The van der Waals surface area contributed by atoms with Gasteiger partial charge in [-0.25, -0.2) is 0 Å². The van der Waals surface area contributed by atoms with E-state index in [0.717, 1.165) is 5.56 Å². The van der Waals surface area contributed by atoms with Crippen LogP contribution in [-0.2, 0) is 0 Å². The Morgan fingerprint density at radius 3 is 2.58 bits per heavy atom. The van der Waals surface area contributed by atoms with Crippen molar-refractivity contribution in [1.82, 2.24) is 19.6 Å².